The van der Waals surface area contributed by atoms with Crippen LogP contribution in [0.4, 0.5) is 0 Å². The van der Waals surface area contributed by atoms with Crippen LogP contribution in [0, 0.1) is 11.8 Å². The van der Waals surface area contributed by atoms with Crippen molar-refractivity contribution in [1.29, 1.82) is 0 Å². The Morgan fingerprint density at radius 1 is 1.09 bits per heavy atom. The molecule has 0 aliphatic heterocycles. The summed E-state index contributed by atoms with van der Waals surface area (Å²) in [5, 5.41) is 5.80. The smallest absolute Gasteiger partial charge is 0.243 e. The summed E-state index contributed by atoms with van der Waals surface area (Å²) in [5.41, 5.74) is 6.99. The van der Waals surface area contributed by atoms with E-state index in [0.29, 0.717) is 18.8 Å². The molecule has 1 fully saturated rings. The first kappa shape index (κ1) is 26.6. The van der Waals surface area contributed by atoms with Gasteiger partial charge < -0.3 is 16.4 Å². The number of nitrogens with one attached hydrogen (secondary N) is 2. The van der Waals surface area contributed by atoms with Crippen molar-refractivity contribution < 1.29 is 14.4 Å². The summed E-state index contributed by atoms with van der Waals surface area (Å²) in [5.74, 6) is -0.616. The van der Waals surface area contributed by atoms with Crippen LogP contribution in [0.1, 0.15) is 83.8 Å². The van der Waals surface area contributed by atoms with E-state index in [0.717, 1.165) is 11.1 Å². The minimum absolute atomic E-state index is 0.147. The van der Waals surface area contributed by atoms with E-state index in [1.165, 1.54) is 32.1 Å². The highest BCUT2D eigenvalue weighted by atomic mass is 16.2. The molecule has 0 spiro atoms. The summed E-state index contributed by atoms with van der Waals surface area (Å²) in [6, 6.07) is 7.45. The molecule has 0 radical (unpaired) electrons. The van der Waals surface area contributed by atoms with Crippen molar-refractivity contribution in [3.8, 4) is 0 Å². The lowest BCUT2D eigenvalue weighted by atomic mass is 9.89. The molecule has 1 aromatic rings. The summed E-state index contributed by atoms with van der Waals surface area (Å²) < 4.78 is 0. The van der Waals surface area contributed by atoms with Crippen molar-refractivity contribution in [3.05, 3.63) is 41.5 Å². The third-order valence-electron chi connectivity index (χ3n) is 6.07. The molecular weight excluding hydrogens is 414 g/mol. The number of hydrogen-bond donors (Lipinski definition) is 3. The molecular formula is C27H41N3O3. The van der Waals surface area contributed by atoms with Crippen LogP contribution in [0.5, 0.6) is 0 Å². The lowest BCUT2D eigenvalue weighted by molar-refractivity contribution is -0.130. The van der Waals surface area contributed by atoms with E-state index in [2.05, 4.69) is 34.9 Å². The van der Waals surface area contributed by atoms with Gasteiger partial charge in [0.1, 0.15) is 6.04 Å². The first-order valence-corrected chi connectivity index (χ1v) is 12.2. The topological polar surface area (TPSA) is 101 Å². The van der Waals surface area contributed by atoms with E-state index in [1.807, 2.05) is 32.9 Å². The third kappa shape index (κ3) is 10.2. The minimum atomic E-state index is -0.691. The highest BCUT2D eigenvalue weighted by Gasteiger charge is 2.25. The molecule has 0 bridgehead atoms. The molecule has 0 aromatic heterocycles. The van der Waals surface area contributed by atoms with Gasteiger partial charge in [0, 0.05) is 24.3 Å². The average molecular weight is 456 g/mol. The number of nitrogens with two attached hydrogens (primary N) is 1. The van der Waals surface area contributed by atoms with E-state index in [-0.39, 0.29) is 24.2 Å². The van der Waals surface area contributed by atoms with Gasteiger partial charge in [0.15, 0.2) is 0 Å². The first-order chi connectivity index (χ1) is 15.5. The Hall–Kier alpha value is -2.63. The maximum Gasteiger partial charge on any atom is 0.243 e. The molecule has 1 aliphatic carbocycles. The largest absolute Gasteiger partial charge is 0.369 e. The van der Waals surface area contributed by atoms with Gasteiger partial charge >= 0.3 is 0 Å². The quantitative estimate of drug-likeness (QED) is 0.494. The summed E-state index contributed by atoms with van der Waals surface area (Å²) in [7, 11) is 0. The van der Waals surface area contributed by atoms with Crippen molar-refractivity contribution in [2.24, 2.45) is 17.6 Å². The molecule has 2 rings (SSSR count). The zero-order chi connectivity index (χ0) is 24.4. The van der Waals surface area contributed by atoms with E-state index in [4.69, 9.17) is 5.73 Å². The van der Waals surface area contributed by atoms with Crippen LogP contribution in [-0.2, 0) is 20.8 Å². The lowest BCUT2D eigenvalue weighted by Crippen LogP contribution is -2.53. The van der Waals surface area contributed by atoms with Crippen LogP contribution < -0.4 is 16.4 Å². The average Bonchev–Trinajstić information content (AvgIpc) is 2.76. The van der Waals surface area contributed by atoms with Gasteiger partial charge in [-0.15, -0.1) is 0 Å². The summed E-state index contributed by atoms with van der Waals surface area (Å²) in [6.07, 6.45) is 11.9. The Morgan fingerprint density at radius 2 is 1.73 bits per heavy atom. The number of carbonyl (C=O) groups excluding carboxylic acids is 3. The molecule has 1 saturated carbocycles. The van der Waals surface area contributed by atoms with Crippen molar-refractivity contribution in [2.75, 3.05) is 0 Å². The molecule has 6 heteroatoms. The van der Waals surface area contributed by atoms with Gasteiger partial charge in [-0.25, -0.2) is 0 Å². The number of carbonyl (C=O) groups is 3. The zero-order valence-electron chi connectivity index (χ0n) is 20.7. The molecule has 33 heavy (non-hydrogen) atoms. The highest BCUT2D eigenvalue weighted by Crippen LogP contribution is 2.25. The van der Waals surface area contributed by atoms with Crippen LogP contribution in [-0.4, -0.2) is 29.3 Å². The predicted molar refractivity (Wildman–Crippen MR) is 133 cm³/mol. The SMILES string of the molecule is CC(CCC(=O)NC(Cc1ccc(C=CC2CCCCC2)cc1)C(=O)NC(C)(C)C)C(N)=O. The second-order valence-corrected chi connectivity index (χ2v) is 10.4. The van der Waals surface area contributed by atoms with Crippen molar-refractivity contribution in [3.63, 3.8) is 0 Å². The number of allylic oxidation sites excluding steroid dienone is 1. The second-order valence-electron chi connectivity index (χ2n) is 10.4. The molecule has 3 amide bonds. The second kappa shape index (κ2) is 12.6. The standard InChI is InChI=1S/C27H41N3O3/c1-19(25(28)32)10-17-24(31)29-23(26(33)30-27(2,3)4)18-22-15-13-21(14-16-22)12-11-20-8-6-5-7-9-20/h11-16,19-20,23H,5-10,17-18H2,1-4H3,(H2,28,32)(H,29,31)(H,30,33). The van der Waals surface area contributed by atoms with E-state index in [9.17, 15) is 14.4 Å². The summed E-state index contributed by atoms with van der Waals surface area (Å²) in [4.78, 5) is 36.6. The van der Waals surface area contributed by atoms with Gasteiger partial charge in [-0.1, -0.05) is 62.6 Å². The van der Waals surface area contributed by atoms with Crippen molar-refractivity contribution >= 4 is 23.8 Å². The number of amides is 3. The molecule has 4 N–H and O–H groups in total. The Morgan fingerprint density at radius 3 is 2.30 bits per heavy atom. The van der Waals surface area contributed by atoms with Crippen molar-refractivity contribution in [1.82, 2.24) is 10.6 Å². The normalized spacial score (nSPS) is 16.8. The fourth-order valence-electron chi connectivity index (χ4n) is 4.00. The fourth-order valence-corrected chi connectivity index (χ4v) is 4.00. The molecule has 2 atom stereocenters. The van der Waals surface area contributed by atoms with E-state index >= 15 is 0 Å². The maximum absolute atomic E-state index is 12.9. The number of hydrogen-bond acceptors (Lipinski definition) is 3. The molecule has 182 valence electrons. The number of primary amides is 1. The zero-order valence-corrected chi connectivity index (χ0v) is 20.7. The Kier molecular flexibility index (Phi) is 10.1. The molecule has 1 aliphatic rings. The molecule has 0 heterocycles. The van der Waals surface area contributed by atoms with Crippen LogP contribution in [0.25, 0.3) is 6.08 Å². The Bertz CT molecular complexity index is 818. The van der Waals surface area contributed by atoms with Gasteiger partial charge in [0.25, 0.3) is 0 Å². The predicted octanol–water partition coefficient (Wildman–Crippen LogP) is 4.12. The van der Waals surface area contributed by atoms with Crippen LogP contribution in [0.2, 0.25) is 0 Å². The van der Waals surface area contributed by atoms with Gasteiger partial charge in [-0.3, -0.25) is 14.4 Å². The third-order valence-corrected chi connectivity index (χ3v) is 6.07. The van der Waals surface area contributed by atoms with Gasteiger partial charge in [-0.05, 0) is 57.1 Å². The fraction of sp³-hybridized carbons (Fsp3) is 0.593. The van der Waals surface area contributed by atoms with Crippen LogP contribution >= 0.6 is 0 Å². The highest BCUT2D eigenvalue weighted by molar-refractivity contribution is 5.88. The van der Waals surface area contributed by atoms with Crippen molar-refractivity contribution in [2.45, 2.75) is 90.6 Å². The van der Waals surface area contributed by atoms with E-state index in [1.54, 1.807) is 6.92 Å². The summed E-state index contributed by atoms with van der Waals surface area (Å²) in [6.45, 7) is 7.42. The molecule has 1 aromatic carbocycles. The lowest BCUT2D eigenvalue weighted by Gasteiger charge is -2.26. The number of benzene rings is 1. The van der Waals surface area contributed by atoms with Crippen LogP contribution in [0.3, 0.4) is 0 Å². The maximum atomic E-state index is 12.9. The summed E-state index contributed by atoms with van der Waals surface area (Å²) >= 11 is 0. The van der Waals surface area contributed by atoms with Gasteiger partial charge in [-0.2, -0.15) is 0 Å². The molecule has 2 unspecified atom stereocenters. The van der Waals surface area contributed by atoms with Gasteiger partial charge in [0.2, 0.25) is 17.7 Å². The Labute approximate surface area is 198 Å². The minimum Gasteiger partial charge on any atom is -0.369 e. The molecule has 0 saturated heterocycles. The van der Waals surface area contributed by atoms with E-state index < -0.39 is 17.5 Å². The first-order valence-electron chi connectivity index (χ1n) is 12.2. The number of rotatable bonds is 10. The Balaban J connectivity index is 2.01. The monoisotopic (exact) mass is 455 g/mol. The van der Waals surface area contributed by atoms with Crippen LogP contribution in [0.15, 0.2) is 30.3 Å². The van der Waals surface area contributed by atoms with Gasteiger partial charge in [0.05, 0.1) is 0 Å². The molecule has 6 nitrogen and oxygen atoms in total.